The number of hydrogen-bond donors (Lipinski definition) is 0. The highest BCUT2D eigenvalue weighted by atomic mass is 16.6. The van der Waals surface area contributed by atoms with Crippen molar-refractivity contribution in [2.45, 2.75) is 24.4 Å². The zero-order chi connectivity index (χ0) is 14.1. The van der Waals surface area contributed by atoms with Crippen molar-refractivity contribution in [2.75, 3.05) is 13.2 Å². The van der Waals surface area contributed by atoms with Gasteiger partial charge in [0.05, 0.1) is 13.2 Å². The predicted molar refractivity (Wildman–Crippen MR) is 78.9 cm³/mol. The molecule has 0 unspecified atom stereocenters. The highest BCUT2D eigenvalue weighted by Crippen LogP contribution is 2.41. The van der Waals surface area contributed by atoms with Gasteiger partial charge >= 0.3 is 0 Å². The summed E-state index contributed by atoms with van der Waals surface area (Å²) in [6.07, 6.45) is 0.0863. The molecule has 4 atom stereocenters. The fourth-order valence-electron chi connectivity index (χ4n) is 2.86. The molecule has 2 aliphatic heterocycles. The number of rotatable bonds is 3. The van der Waals surface area contributed by atoms with Gasteiger partial charge in [0.1, 0.15) is 24.4 Å². The lowest BCUT2D eigenvalue weighted by Gasteiger charge is -2.36. The maximum Gasteiger partial charge on any atom is 0.113 e. The molecule has 4 rings (SSSR count). The van der Waals surface area contributed by atoms with Crippen LogP contribution in [0.5, 0.6) is 0 Å². The average molecular weight is 282 g/mol. The van der Waals surface area contributed by atoms with E-state index in [0.29, 0.717) is 6.61 Å². The number of benzene rings is 2. The van der Waals surface area contributed by atoms with E-state index in [9.17, 15) is 0 Å². The zero-order valence-electron chi connectivity index (χ0n) is 11.7. The molecule has 0 aliphatic carbocycles. The maximum absolute atomic E-state index is 6.31. The summed E-state index contributed by atoms with van der Waals surface area (Å²) in [6, 6.07) is 20.6. The Labute approximate surface area is 124 Å². The lowest BCUT2D eigenvalue weighted by molar-refractivity contribution is -0.191. The van der Waals surface area contributed by atoms with Crippen molar-refractivity contribution in [3.8, 4) is 0 Å². The third-order valence-corrected chi connectivity index (χ3v) is 4.07. The van der Waals surface area contributed by atoms with Crippen LogP contribution < -0.4 is 0 Å². The molecule has 108 valence electrons. The lowest BCUT2D eigenvalue weighted by atomic mass is 9.96. The molecule has 0 bridgehead atoms. The molecule has 0 saturated carbocycles. The summed E-state index contributed by atoms with van der Waals surface area (Å²) in [5, 5.41) is 0. The summed E-state index contributed by atoms with van der Waals surface area (Å²) in [7, 11) is 0. The Balaban J connectivity index is 1.65. The summed E-state index contributed by atoms with van der Waals surface area (Å²) in [5.74, 6) is 0. The fourth-order valence-corrected chi connectivity index (χ4v) is 2.86. The van der Waals surface area contributed by atoms with E-state index >= 15 is 0 Å². The van der Waals surface area contributed by atoms with Gasteiger partial charge in [0.2, 0.25) is 0 Å². The summed E-state index contributed by atoms with van der Waals surface area (Å²) >= 11 is 0. The van der Waals surface area contributed by atoms with Crippen LogP contribution in [0.15, 0.2) is 60.7 Å². The van der Waals surface area contributed by atoms with Gasteiger partial charge in [-0.3, -0.25) is 0 Å². The van der Waals surface area contributed by atoms with Crippen LogP contribution in [-0.2, 0) is 14.2 Å². The monoisotopic (exact) mass is 282 g/mol. The largest absolute Gasteiger partial charge is 0.370 e. The Morgan fingerprint density at radius 2 is 1.19 bits per heavy atom. The van der Waals surface area contributed by atoms with Crippen LogP contribution in [0.4, 0.5) is 0 Å². The minimum absolute atomic E-state index is 0.0372. The van der Waals surface area contributed by atoms with Crippen LogP contribution in [0.3, 0.4) is 0 Å². The third kappa shape index (κ3) is 2.72. The summed E-state index contributed by atoms with van der Waals surface area (Å²) in [4.78, 5) is 0. The van der Waals surface area contributed by atoms with E-state index in [-0.39, 0.29) is 24.4 Å². The quantitative estimate of drug-likeness (QED) is 0.809. The van der Waals surface area contributed by atoms with Crippen LogP contribution >= 0.6 is 0 Å². The van der Waals surface area contributed by atoms with Gasteiger partial charge in [-0.1, -0.05) is 60.7 Å². The van der Waals surface area contributed by atoms with E-state index in [1.807, 2.05) is 36.4 Å². The minimum Gasteiger partial charge on any atom is -0.370 e. The second-order valence-corrected chi connectivity index (χ2v) is 5.54. The molecule has 3 nitrogen and oxygen atoms in total. The molecule has 2 heterocycles. The minimum atomic E-state index is -0.0865. The molecule has 0 amide bonds. The van der Waals surface area contributed by atoms with Gasteiger partial charge in [0.15, 0.2) is 0 Å². The smallest absolute Gasteiger partial charge is 0.113 e. The number of ether oxygens (including phenoxy) is 3. The van der Waals surface area contributed by atoms with Crippen molar-refractivity contribution >= 4 is 0 Å². The van der Waals surface area contributed by atoms with E-state index in [4.69, 9.17) is 14.2 Å². The van der Waals surface area contributed by atoms with E-state index in [1.165, 1.54) is 0 Å². The standard InChI is InChI=1S/C18H18O3/c1-3-7-13(8-4-1)17-18(14-9-5-2-6-10-14)21-16(12-20-17)15-11-19-15/h1-10,15-18H,11-12H2/t15-,16+,17+,18+/m1/s1. The van der Waals surface area contributed by atoms with Crippen LogP contribution in [0.2, 0.25) is 0 Å². The molecule has 3 heteroatoms. The van der Waals surface area contributed by atoms with Gasteiger partial charge in [0.25, 0.3) is 0 Å². The van der Waals surface area contributed by atoms with Crippen molar-refractivity contribution in [1.82, 2.24) is 0 Å². The molecule has 2 aromatic carbocycles. The Morgan fingerprint density at radius 1 is 0.619 bits per heavy atom. The van der Waals surface area contributed by atoms with Crippen molar-refractivity contribution in [3.63, 3.8) is 0 Å². The molecule has 0 N–H and O–H groups in total. The SMILES string of the molecule is c1ccc([C@@H]2OC[C@@H]([C@H]3CO3)O[C@H]2c2ccccc2)cc1. The normalized spacial score (nSPS) is 31.8. The van der Waals surface area contributed by atoms with Crippen molar-refractivity contribution in [3.05, 3.63) is 71.8 Å². The Morgan fingerprint density at radius 3 is 1.76 bits per heavy atom. The molecule has 0 aromatic heterocycles. The first-order chi connectivity index (χ1) is 10.4. The zero-order valence-corrected chi connectivity index (χ0v) is 11.7. The summed E-state index contributed by atoms with van der Waals surface area (Å²) < 4.78 is 17.8. The molecule has 21 heavy (non-hydrogen) atoms. The Bertz CT molecular complexity index is 580. The highest BCUT2D eigenvalue weighted by molar-refractivity contribution is 5.26. The lowest BCUT2D eigenvalue weighted by Crippen LogP contribution is -2.37. The van der Waals surface area contributed by atoms with Crippen LogP contribution in [0.25, 0.3) is 0 Å². The van der Waals surface area contributed by atoms with E-state index in [2.05, 4.69) is 24.3 Å². The van der Waals surface area contributed by atoms with Gasteiger partial charge in [-0.25, -0.2) is 0 Å². The highest BCUT2D eigenvalue weighted by Gasteiger charge is 2.42. The first-order valence-corrected chi connectivity index (χ1v) is 7.40. The van der Waals surface area contributed by atoms with Crippen LogP contribution in [-0.4, -0.2) is 25.4 Å². The summed E-state index contributed by atoms with van der Waals surface area (Å²) in [5.41, 5.74) is 2.30. The third-order valence-electron chi connectivity index (χ3n) is 4.07. The Hall–Kier alpha value is -1.68. The van der Waals surface area contributed by atoms with Gasteiger partial charge in [-0.15, -0.1) is 0 Å². The first-order valence-electron chi connectivity index (χ1n) is 7.40. The molecule has 2 aromatic rings. The first kappa shape index (κ1) is 13.0. The van der Waals surface area contributed by atoms with Crippen molar-refractivity contribution < 1.29 is 14.2 Å². The van der Waals surface area contributed by atoms with Crippen molar-refractivity contribution in [1.29, 1.82) is 0 Å². The molecule has 0 radical (unpaired) electrons. The van der Waals surface area contributed by atoms with Crippen LogP contribution in [0.1, 0.15) is 23.3 Å². The van der Waals surface area contributed by atoms with Gasteiger partial charge in [0, 0.05) is 0 Å². The molecule has 2 aliphatic rings. The van der Waals surface area contributed by atoms with E-state index in [1.54, 1.807) is 0 Å². The second-order valence-electron chi connectivity index (χ2n) is 5.54. The second kappa shape index (κ2) is 5.60. The summed E-state index contributed by atoms with van der Waals surface area (Å²) in [6.45, 7) is 1.37. The van der Waals surface area contributed by atoms with Gasteiger partial charge in [-0.05, 0) is 11.1 Å². The number of epoxide rings is 1. The van der Waals surface area contributed by atoms with Gasteiger partial charge < -0.3 is 14.2 Å². The van der Waals surface area contributed by atoms with E-state index in [0.717, 1.165) is 17.7 Å². The van der Waals surface area contributed by atoms with Gasteiger partial charge in [-0.2, -0.15) is 0 Å². The Kier molecular flexibility index (Phi) is 3.47. The molecule has 0 spiro atoms. The predicted octanol–water partition coefficient (Wildman–Crippen LogP) is 3.28. The average Bonchev–Trinajstić information content (AvgIpc) is 3.41. The topological polar surface area (TPSA) is 31.0 Å². The maximum atomic E-state index is 6.31. The molecular formula is C18H18O3. The number of hydrogen-bond acceptors (Lipinski definition) is 3. The van der Waals surface area contributed by atoms with Crippen molar-refractivity contribution in [2.24, 2.45) is 0 Å². The van der Waals surface area contributed by atoms with Crippen LogP contribution in [0, 0.1) is 0 Å². The molecular weight excluding hydrogens is 264 g/mol. The fraction of sp³-hybridized carbons (Fsp3) is 0.333. The molecule has 2 fully saturated rings. The van der Waals surface area contributed by atoms with E-state index < -0.39 is 0 Å². The molecule has 2 saturated heterocycles.